The van der Waals surface area contributed by atoms with Crippen molar-refractivity contribution in [2.24, 2.45) is 5.41 Å². The van der Waals surface area contributed by atoms with Gasteiger partial charge in [0.15, 0.2) is 5.69 Å². The smallest absolute Gasteiger partial charge is 0.224 e. The Morgan fingerprint density at radius 3 is 2.34 bits per heavy atom. The summed E-state index contributed by atoms with van der Waals surface area (Å²) in [5, 5.41) is 3.03. The van der Waals surface area contributed by atoms with E-state index in [1.165, 1.54) is 6.07 Å². The van der Waals surface area contributed by atoms with Crippen LogP contribution in [0.5, 0.6) is 0 Å². The van der Waals surface area contributed by atoms with Gasteiger partial charge in [-0.25, -0.2) is 8.87 Å². The van der Waals surface area contributed by atoms with Gasteiger partial charge >= 0.3 is 0 Å². The fourth-order valence-electron chi connectivity index (χ4n) is 4.52. The third-order valence-corrected chi connectivity index (χ3v) is 5.94. The molecule has 0 saturated heterocycles. The van der Waals surface area contributed by atoms with Gasteiger partial charge in [0.25, 0.3) is 0 Å². The number of nitrogens with zero attached hydrogens (tertiary/aromatic N) is 1. The molecule has 3 aromatic rings. The standard InChI is InChI=1S/C28H29FN2O/c1-20-16-22-17-23(30-27(32)18-28(2,3)4)14-15-26(22)31(20,24-11-6-5-7-12-24)19-21-10-8-9-13-25(21)29/h5-17H,18-19H2,1-4H3/p+1. The van der Waals surface area contributed by atoms with Crippen LogP contribution in [0.3, 0.4) is 0 Å². The van der Waals surface area contributed by atoms with Crippen LogP contribution in [0.2, 0.25) is 0 Å². The van der Waals surface area contributed by atoms with E-state index in [0.29, 0.717) is 23.0 Å². The molecule has 0 fully saturated rings. The van der Waals surface area contributed by atoms with Gasteiger partial charge in [0.2, 0.25) is 5.91 Å². The average Bonchev–Trinajstić information content (AvgIpc) is 3.00. The Labute approximate surface area is 189 Å². The van der Waals surface area contributed by atoms with E-state index in [2.05, 4.69) is 57.3 Å². The zero-order chi connectivity index (χ0) is 22.9. The maximum atomic E-state index is 14.7. The van der Waals surface area contributed by atoms with Gasteiger partial charge in [-0.1, -0.05) is 57.2 Å². The highest BCUT2D eigenvalue weighted by atomic mass is 19.1. The molecule has 32 heavy (non-hydrogen) atoms. The first-order valence-corrected chi connectivity index (χ1v) is 11.0. The summed E-state index contributed by atoms with van der Waals surface area (Å²) in [7, 11) is 0. The SMILES string of the molecule is CC1=Cc2cc(NC(=O)CC(C)(C)C)ccc2[N+]1(Cc1ccccc1F)c1ccccc1. The average molecular weight is 430 g/mol. The molecule has 1 N–H and O–H groups in total. The largest absolute Gasteiger partial charge is 0.326 e. The Morgan fingerprint density at radius 1 is 0.969 bits per heavy atom. The summed E-state index contributed by atoms with van der Waals surface area (Å²) in [6.07, 6.45) is 2.60. The van der Waals surface area contributed by atoms with Crippen LogP contribution in [0.25, 0.3) is 6.08 Å². The zero-order valence-corrected chi connectivity index (χ0v) is 19.2. The molecule has 0 aliphatic carbocycles. The number of fused-ring (bicyclic) bond motifs is 1. The molecule has 1 amide bonds. The third kappa shape index (κ3) is 4.23. The number of quaternary nitrogens is 1. The highest BCUT2D eigenvalue weighted by Crippen LogP contribution is 2.49. The van der Waals surface area contributed by atoms with E-state index >= 15 is 0 Å². The minimum atomic E-state index is -0.201. The van der Waals surface area contributed by atoms with Crippen LogP contribution in [0.4, 0.5) is 21.5 Å². The minimum absolute atomic E-state index is 0.00585. The maximum Gasteiger partial charge on any atom is 0.224 e. The van der Waals surface area contributed by atoms with Gasteiger partial charge in [0, 0.05) is 42.3 Å². The number of para-hydroxylation sites is 1. The van der Waals surface area contributed by atoms with Gasteiger partial charge in [-0.05, 0) is 35.7 Å². The number of carbonyl (C=O) groups is 1. The van der Waals surface area contributed by atoms with Gasteiger partial charge in [-0.3, -0.25) is 4.79 Å². The molecule has 1 aliphatic rings. The molecule has 0 bridgehead atoms. The Hall–Kier alpha value is -3.24. The molecule has 1 atom stereocenters. The van der Waals surface area contributed by atoms with Crippen LogP contribution in [-0.2, 0) is 11.3 Å². The molecule has 1 unspecified atom stereocenters. The Morgan fingerprint density at radius 2 is 1.66 bits per heavy atom. The number of amides is 1. The lowest BCUT2D eigenvalue weighted by atomic mass is 9.92. The lowest BCUT2D eigenvalue weighted by Crippen LogP contribution is -2.40. The van der Waals surface area contributed by atoms with E-state index in [1.807, 2.05) is 42.5 Å². The second-order valence-electron chi connectivity index (χ2n) is 9.74. The lowest BCUT2D eigenvalue weighted by molar-refractivity contribution is -0.117. The molecule has 1 heterocycles. The number of carbonyl (C=O) groups excluding carboxylic acids is 1. The van der Waals surface area contributed by atoms with Gasteiger partial charge < -0.3 is 5.32 Å². The number of rotatable bonds is 5. The molecule has 0 radical (unpaired) electrons. The molecular formula is C28H30FN2O+. The second-order valence-corrected chi connectivity index (χ2v) is 9.74. The van der Waals surface area contributed by atoms with Crippen molar-refractivity contribution in [3.05, 3.63) is 95.4 Å². The van der Waals surface area contributed by atoms with Crippen molar-refractivity contribution in [1.29, 1.82) is 0 Å². The van der Waals surface area contributed by atoms with Crippen LogP contribution in [-0.4, -0.2) is 5.91 Å². The Kier molecular flexibility index (Phi) is 5.74. The van der Waals surface area contributed by atoms with Crippen LogP contribution in [0, 0.1) is 11.2 Å². The van der Waals surface area contributed by atoms with Crippen LogP contribution in [0.15, 0.2) is 78.5 Å². The molecule has 0 saturated carbocycles. The van der Waals surface area contributed by atoms with Gasteiger partial charge in [-0.2, -0.15) is 0 Å². The zero-order valence-electron chi connectivity index (χ0n) is 19.2. The summed E-state index contributed by atoms with van der Waals surface area (Å²) in [6, 6.07) is 23.2. The van der Waals surface area contributed by atoms with Crippen molar-refractivity contribution in [3.8, 4) is 0 Å². The van der Waals surface area contributed by atoms with Crippen LogP contribution in [0.1, 0.15) is 45.2 Å². The molecule has 4 rings (SSSR count). The molecule has 4 heteroatoms. The molecule has 0 aromatic heterocycles. The molecule has 3 nitrogen and oxygen atoms in total. The van der Waals surface area contributed by atoms with Crippen molar-refractivity contribution >= 4 is 29.0 Å². The first kappa shape index (κ1) is 22.0. The fourth-order valence-corrected chi connectivity index (χ4v) is 4.52. The van der Waals surface area contributed by atoms with E-state index in [0.717, 1.165) is 28.3 Å². The number of allylic oxidation sites excluding steroid dienone is 1. The number of hydrogen-bond acceptors (Lipinski definition) is 1. The third-order valence-electron chi connectivity index (χ3n) is 5.94. The number of anilines is 1. The van der Waals surface area contributed by atoms with E-state index in [1.54, 1.807) is 6.07 Å². The Bertz CT molecular complexity index is 1180. The fraction of sp³-hybridized carbons (Fsp3) is 0.250. The molecule has 1 aliphatic heterocycles. The summed E-state index contributed by atoms with van der Waals surface area (Å²) in [6.45, 7) is 8.72. The highest BCUT2D eigenvalue weighted by molar-refractivity contribution is 5.93. The first-order chi connectivity index (χ1) is 15.2. The van der Waals surface area contributed by atoms with Crippen LogP contribution < -0.4 is 9.80 Å². The topological polar surface area (TPSA) is 29.1 Å². The maximum absolute atomic E-state index is 14.7. The van der Waals surface area contributed by atoms with E-state index in [-0.39, 0.29) is 17.1 Å². The number of halogens is 1. The van der Waals surface area contributed by atoms with E-state index < -0.39 is 0 Å². The summed E-state index contributed by atoms with van der Waals surface area (Å²) >= 11 is 0. The monoisotopic (exact) mass is 429 g/mol. The normalized spacial score (nSPS) is 17.6. The summed E-state index contributed by atoms with van der Waals surface area (Å²) in [4.78, 5) is 12.4. The summed E-state index contributed by atoms with van der Waals surface area (Å²) < 4.78 is 15.1. The van der Waals surface area contributed by atoms with Crippen molar-refractivity contribution in [2.45, 2.75) is 40.7 Å². The number of benzene rings is 3. The van der Waals surface area contributed by atoms with E-state index in [4.69, 9.17) is 0 Å². The molecular weight excluding hydrogens is 399 g/mol. The van der Waals surface area contributed by atoms with E-state index in [9.17, 15) is 9.18 Å². The van der Waals surface area contributed by atoms with Gasteiger partial charge in [-0.15, -0.1) is 0 Å². The quantitative estimate of drug-likeness (QED) is 0.420. The van der Waals surface area contributed by atoms with Crippen molar-refractivity contribution in [3.63, 3.8) is 0 Å². The predicted octanol–water partition coefficient (Wildman–Crippen LogP) is 7.41. The second kappa shape index (κ2) is 8.36. The summed E-state index contributed by atoms with van der Waals surface area (Å²) in [5.41, 5.74) is 5.67. The summed E-state index contributed by atoms with van der Waals surface area (Å²) in [5.74, 6) is -0.195. The highest BCUT2D eigenvalue weighted by Gasteiger charge is 2.42. The van der Waals surface area contributed by atoms with Crippen molar-refractivity contribution in [1.82, 2.24) is 4.48 Å². The minimum Gasteiger partial charge on any atom is -0.326 e. The Balaban J connectivity index is 1.77. The molecule has 164 valence electrons. The van der Waals surface area contributed by atoms with Gasteiger partial charge in [0.05, 0.1) is 0 Å². The predicted molar refractivity (Wildman–Crippen MR) is 131 cm³/mol. The number of nitrogens with one attached hydrogen (secondary N) is 1. The number of hydrogen-bond donors (Lipinski definition) is 1. The van der Waals surface area contributed by atoms with Crippen molar-refractivity contribution < 1.29 is 9.18 Å². The van der Waals surface area contributed by atoms with Crippen LogP contribution >= 0.6 is 0 Å². The first-order valence-electron chi connectivity index (χ1n) is 11.0. The van der Waals surface area contributed by atoms with Crippen molar-refractivity contribution in [2.75, 3.05) is 5.32 Å². The molecule has 3 aromatic carbocycles. The lowest BCUT2D eigenvalue weighted by Gasteiger charge is -2.35. The molecule has 0 spiro atoms. The van der Waals surface area contributed by atoms with Gasteiger partial charge in [0.1, 0.15) is 23.7 Å².